The van der Waals surface area contributed by atoms with Crippen LogP contribution in [0.5, 0.6) is 0 Å². The average Bonchev–Trinajstić information content (AvgIpc) is 2.44. The van der Waals surface area contributed by atoms with Crippen LogP contribution in [0.1, 0.15) is 5.56 Å². The molecule has 0 aromatic heterocycles. The minimum atomic E-state index is -1.06. The molecule has 0 atom stereocenters. The quantitative estimate of drug-likeness (QED) is 0.795. The number of rotatable bonds is 2. The van der Waals surface area contributed by atoms with E-state index >= 15 is 0 Å². The summed E-state index contributed by atoms with van der Waals surface area (Å²) in [6.07, 6.45) is 0. The van der Waals surface area contributed by atoms with E-state index in [1.54, 1.807) is 18.2 Å². The minimum absolute atomic E-state index is 0.274. The molecule has 0 spiro atoms. The Bertz CT molecular complexity index is 687. The maximum Gasteiger partial charge on any atom is 0.314 e. The molecule has 0 aliphatic heterocycles. The third-order valence-corrected chi connectivity index (χ3v) is 3.41. The molecule has 114 valence electrons. The van der Waals surface area contributed by atoms with Crippen molar-refractivity contribution in [3.63, 3.8) is 0 Å². The van der Waals surface area contributed by atoms with Gasteiger partial charge in [-0.25, -0.2) is 8.78 Å². The van der Waals surface area contributed by atoms with Gasteiger partial charge in [-0.2, -0.15) is 0 Å². The molecule has 0 unspecified atom stereocenters. The van der Waals surface area contributed by atoms with E-state index in [0.717, 1.165) is 17.7 Å². The fourth-order valence-electron chi connectivity index (χ4n) is 1.67. The first kappa shape index (κ1) is 16.1. The molecule has 0 fully saturated rings. The van der Waals surface area contributed by atoms with Crippen LogP contribution in [0.2, 0.25) is 0 Å². The van der Waals surface area contributed by atoms with Gasteiger partial charge >= 0.3 is 11.8 Å². The van der Waals surface area contributed by atoms with Crippen LogP contribution in [0.25, 0.3) is 0 Å². The Labute approximate surface area is 133 Å². The van der Waals surface area contributed by atoms with Gasteiger partial charge in [-0.15, -0.1) is 0 Å². The van der Waals surface area contributed by atoms with Crippen molar-refractivity contribution < 1.29 is 18.4 Å². The summed E-state index contributed by atoms with van der Waals surface area (Å²) in [6, 6.07) is 7.79. The molecule has 4 nitrogen and oxygen atoms in total. The largest absolute Gasteiger partial charge is 0.317 e. The van der Waals surface area contributed by atoms with Crippen LogP contribution in [-0.2, 0) is 9.59 Å². The van der Waals surface area contributed by atoms with Gasteiger partial charge in [0.1, 0.15) is 11.6 Å². The van der Waals surface area contributed by atoms with Gasteiger partial charge in [-0.05, 0) is 52.7 Å². The lowest BCUT2D eigenvalue weighted by molar-refractivity contribution is -0.133. The normalized spacial score (nSPS) is 10.2. The molecular weight excluding hydrogens is 358 g/mol. The molecule has 0 bridgehead atoms. The van der Waals surface area contributed by atoms with E-state index in [1.165, 1.54) is 0 Å². The monoisotopic (exact) mass is 368 g/mol. The van der Waals surface area contributed by atoms with E-state index in [0.29, 0.717) is 16.2 Å². The van der Waals surface area contributed by atoms with Gasteiger partial charge in [0, 0.05) is 10.5 Å². The Morgan fingerprint density at radius 3 is 2.14 bits per heavy atom. The summed E-state index contributed by atoms with van der Waals surface area (Å²) in [4.78, 5) is 23.5. The molecule has 0 aliphatic carbocycles. The second-order valence-electron chi connectivity index (χ2n) is 4.52. The van der Waals surface area contributed by atoms with E-state index in [4.69, 9.17) is 0 Å². The molecule has 0 aliphatic rings. The zero-order valence-electron chi connectivity index (χ0n) is 11.4. The van der Waals surface area contributed by atoms with E-state index in [-0.39, 0.29) is 5.69 Å². The predicted molar refractivity (Wildman–Crippen MR) is 82.5 cm³/mol. The Morgan fingerprint density at radius 2 is 1.55 bits per heavy atom. The minimum Gasteiger partial charge on any atom is -0.317 e. The fourth-order valence-corrected chi connectivity index (χ4v) is 2.26. The maximum absolute atomic E-state index is 13.4. The summed E-state index contributed by atoms with van der Waals surface area (Å²) in [5, 5.41) is 4.47. The molecule has 7 heteroatoms. The van der Waals surface area contributed by atoms with Crippen LogP contribution >= 0.6 is 15.9 Å². The molecule has 2 amide bonds. The van der Waals surface area contributed by atoms with Gasteiger partial charge < -0.3 is 10.6 Å². The second-order valence-corrected chi connectivity index (χ2v) is 5.37. The number of hydrogen-bond donors (Lipinski definition) is 2. The Hall–Kier alpha value is -2.28. The van der Waals surface area contributed by atoms with Crippen LogP contribution in [0.15, 0.2) is 40.9 Å². The first-order valence-electron chi connectivity index (χ1n) is 6.20. The topological polar surface area (TPSA) is 58.2 Å². The molecule has 2 rings (SSSR count). The first-order chi connectivity index (χ1) is 10.4. The highest BCUT2D eigenvalue weighted by Crippen LogP contribution is 2.23. The number of carbonyl (C=O) groups is 2. The zero-order valence-corrected chi connectivity index (χ0v) is 13.0. The second kappa shape index (κ2) is 6.65. The summed E-state index contributed by atoms with van der Waals surface area (Å²) in [6.45, 7) is 1.88. The Morgan fingerprint density at radius 1 is 0.955 bits per heavy atom. The van der Waals surface area contributed by atoms with Gasteiger partial charge in [-0.3, -0.25) is 9.59 Å². The molecular formula is C15H11BrF2N2O2. The summed E-state index contributed by atoms with van der Waals surface area (Å²) >= 11 is 3.26. The van der Waals surface area contributed by atoms with Crippen molar-refractivity contribution in [1.29, 1.82) is 0 Å². The number of amides is 2. The van der Waals surface area contributed by atoms with Crippen molar-refractivity contribution in [2.75, 3.05) is 10.6 Å². The van der Waals surface area contributed by atoms with Crippen molar-refractivity contribution in [3.8, 4) is 0 Å². The summed E-state index contributed by atoms with van der Waals surface area (Å²) in [7, 11) is 0. The number of nitrogens with one attached hydrogen (secondary N) is 2. The molecule has 0 saturated carbocycles. The van der Waals surface area contributed by atoms with Crippen molar-refractivity contribution in [2.45, 2.75) is 6.92 Å². The number of benzene rings is 2. The molecule has 22 heavy (non-hydrogen) atoms. The van der Waals surface area contributed by atoms with Gasteiger partial charge in [0.05, 0.1) is 11.4 Å². The zero-order chi connectivity index (χ0) is 16.3. The first-order valence-corrected chi connectivity index (χ1v) is 6.99. The third-order valence-electron chi connectivity index (χ3n) is 2.76. The van der Waals surface area contributed by atoms with Crippen LogP contribution in [0.3, 0.4) is 0 Å². The average molecular weight is 369 g/mol. The van der Waals surface area contributed by atoms with E-state index in [1.807, 2.05) is 6.92 Å². The van der Waals surface area contributed by atoms with Crippen LogP contribution in [0.4, 0.5) is 20.2 Å². The highest BCUT2D eigenvalue weighted by atomic mass is 79.9. The third kappa shape index (κ3) is 3.88. The van der Waals surface area contributed by atoms with Crippen molar-refractivity contribution in [2.24, 2.45) is 0 Å². The van der Waals surface area contributed by atoms with Gasteiger partial charge in [0.15, 0.2) is 0 Å². The standard InChI is InChI=1S/C15H11BrF2N2O2/c1-8-2-4-12(10(16)6-8)19-14(21)15(22)20-13-5-3-9(17)7-11(13)18/h2-7H,1H3,(H,19,21)(H,20,22). The van der Waals surface area contributed by atoms with Crippen molar-refractivity contribution >= 4 is 39.1 Å². The highest BCUT2D eigenvalue weighted by molar-refractivity contribution is 9.10. The lowest BCUT2D eigenvalue weighted by atomic mass is 10.2. The number of aryl methyl sites for hydroxylation is 1. The van der Waals surface area contributed by atoms with E-state index < -0.39 is 23.4 Å². The van der Waals surface area contributed by atoms with Crippen LogP contribution in [0, 0.1) is 18.6 Å². The summed E-state index contributed by atoms with van der Waals surface area (Å²) < 4.78 is 26.8. The van der Waals surface area contributed by atoms with Crippen molar-refractivity contribution in [1.82, 2.24) is 0 Å². The van der Waals surface area contributed by atoms with E-state index in [9.17, 15) is 18.4 Å². The fraction of sp³-hybridized carbons (Fsp3) is 0.0667. The predicted octanol–water partition coefficient (Wildman–Crippen LogP) is 3.61. The molecule has 0 radical (unpaired) electrons. The Kier molecular flexibility index (Phi) is 4.87. The highest BCUT2D eigenvalue weighted by Gasteiger charge is 2.17. The maximum atomic E-state index is 13.4. The van der Waals surface area contributed by atoms with E-state index in [2.05, 4.69) is 26.6 Å². The lowest BCUT2D eigenvalue weighted by Crippen LogP contribution is -2.29. The lowest BCUT2D eigenvalue weighted by Gasteiger charge is -2.09. The SMILES string of the molecule is Cc1ccc(NC(=O)C(=O)Nc2ccc(F)cc2F)c(Br)c1. The van der Waals surface area contributed by atoms with Crippen molar-refractivity contribution in [3.05, 3.63) is 58.1 Å². The Balaban J connectivity index is 2.07. The van der Waals surface area contributed by atoms with Crippen LogP contribution in [-0.4, -0.2) is 11.8 Å². The van der Waals surface area contributed by atoms with Crippen LogP contribution < -0.4 is 10.6 Å². The van der Waals surface area contributed by atoms with Gasteiger partial charge in [0.2, 0.25) is 0 Å². The molecule has 0 heterocycles. The number of carbonyl (C=O) groups excluding carboxylic acids is 2. The van der Waals surface area contributed by atoms with Gasteiger partial charge in [0.25, 0.3) is 0 Å². The summed E-state index contributed by atoms with van der Waals surface area (Å²) in [5.74, 6) is -3.76. The molecule has 2 aromatic rings. The number of hydrogen-bond acceptors (Lipinski definition) is 2. The molecule has 2 aromatic carbocycles. The number of anilines is 2. The molecule has 2 N–H and O–H groups in total. The number of halogens is 3. The smallest absolute Gasteiger partial charge is 0.314 e. The summed E-state index contributed by atoms with van der Waals surface area (Å²) in [5.41, 5.74) is 1.11. The molecule has 0 saturated heterocycles. The van der Waals surface area contributed by atoms with Gasteiger partial charge in [-0.1, -0.05) is 6.07 Å².